The smallest absolute Gasteiger partial charge is 0.164 e. The molecule has 0 bridgehead atoms. The van der Waals surface area contributed by atoms with Crippen LogP contribution in [-0.2, 0) is 0 Å². The molecule has 0 radical (unpaired) electrons. The lowest BCUT2D eigenvalue weighted by Crippen LogP contribution is -2.07. The number of fused-ring (bicyclic) bond motifs is 9. The van der Waals surface area contributed by atoms with Crippen molar-refractivity contribution in [2.24, 2.45) is 4.99 Å². The number of nitrogens with zero attached hydrogens (tertiary/aromatic N) is 9. The Hall–Kier alpha value is -14.0. The fourth-order valence-corrected chi connectivity index (χ4v) is 15.8. The average molecular weight is 1340 g/mol. The number of aromatic nitrogens is 8. The summed E-state index contributed by atoms with van der Waals surface area (Å²) in [5.74, 6) is 2.38. The van der Waals surface area contributed by atoms with Crippen molar-refractivity contribution in [1.82, 2.24) is 38.6 Å². The van der Waals surface area contributed by atoms with Crippen LogP contribution < -0.4 is 0 Å². The van der Waals surface area contributed by atoms with E-state index in [1.807, 2.05) is 42.5 Å². The van der Waals surface area contributed by atoms with Crippen molar-refractivity contribution in [3.8, 4) is 107 Å². The van der Waals surface area contributed by atoms with Crippen LogP contribution in [0.25, 0.3) is 173 Å². The molecule has 0 saturated carbocycles. The molecule has 9 nitrogen and oxygen atoms in total. The third-order valence-electron chi connectivity index (χ3n) is 20.6. The van der Waals surface area contributed by atoms with Crippen LogP contribution in [0.15, 0.2) is 369 Å². The van der Waals surface area contributed by atoms with E-state index in [0.717, 1.165) is 151 Å². The van der Waals surface area contributed by atoms with Crippen LogP contribution in [0.5, 0.6) is 0 Å². The van der Waals surface area contributed by atoms with Crippen molar-refractivity contribution < 1.29 is 0 Å². The molecule has 0 fully saturated rings. The van der Waals surface area contributed by atoms with E-state index >= 15 is 0 Å². The monoisotopic (exact) mass is 1340 g/mol. The van der Waals surface area contributed by atoms with Crippen molar-refractivity contribution in [3.63, 3.8) is 0 Å². The Morgan fingerprint density at radius 1 is 0.248 bits per heavy atom. The molecule has 5 aromatic heterocycles. The molecule has 0 aliphatic carbocycles. The predicted octanol–water partition coefficient (Wildman–Crippen LogP) is 23.8. The summed E-state index contributed by atoms with van der Waals surface area (Å²) in [5.41, 5.74) is 23.7. The highest BCUT2D eigenvalue weighted by atomic mass is 15.0. The van der Waals surface area contributed by atoms with Gasteiger partial charge in [0, 0.05) is 88.0 Å². The second-order valence-electron chi connectivity index (χ2n) is 26.8. The van der Waals surface area contributed by atoms with Gasteiger partial charge in [0.05, 0.1) is 73.3 Å². The van der Waals surface area contributed by atoms with Crippen LogP contribution in [0.2, 0.25) is 0 Å². The molecule has 1 unspecified atom stereocenters. The van der Waals surface area contributed by atoms with Gasteiger partial charge in [0.1, 0.15) is 0 Å². The zero-order valence-electron chi connectivity index (χ0n) is 57.0. The largest absolute Gasteiger partial charge is 0.309 e. The highest BCUT2D eigenvalue weighted by Gasteiger charge is 2.29. The first kappa shape index (κ1) is 60.9. The molecule has 6 heterocycles. The van der Waals surface area contributed by atoms with Gasteiger partial charge in [0.2, 0.25) is 0 Å². The van der Waals surface area contributed by atoms with E-state index in [2.05, 4.69) is 335 Å². The molecule has 9 heteroatoms. The summed E-state index contributed by atoms with van der Waals surface area (Å²) < 4.78 is 7.47. The highest BCUT2D eigenvalue weighted by molar-refractivity contribution is 6.15. The molecule has 105 heavy (non-hydrogen) atoms. The first-order valence-electron chi connectivity index (χ1n) is 35.7. The van der Waals surface area contributed by atoms with Gasteiger partial charge in [0.15, 0.2) is 23.3 Å². The minimum absolute atomic E-state index is 0.155. The topological polar surface area (TPSA) is 91.6 Å². The van der Waals surface area contributed by atoms with Gasteiger partial charge >= 0.3 is 0 Å². The molecule has 0 amide bonds. The van der Waals surface area contributed by atoms with Gasteiger partial charge in [-0.05, 0) is 109 Å². The standard InChI is InChI=1S/C96H63N9/c1-6-29-62(30-7-1)80-45-28-46-81(97-80)67-53-55-90-76(57-67)77-58-68(96-101-94(65-35-12-4-13-36-65)100-95(102-96)66-37-14-5-15-38-66)54-56-91(77)105(90)92-78(74-43-20-26-51-88(74)103-84-47-22-16-39-70(84)71-40-17-23-48-85(71)103)59-69(83-61-82(63-31-8-2-9-32-63)98-93(99-83)64-33-10-3-11-34-64)60-79(92)75-44-21-27-52-89(75)104-86-49-24-18-41-72(86)73-42-19-25-50-87(73)104/h1-45,47-61,81H,46H2. The Bertz CT molecular complexity index is 6270. The number of dihydropyridines is 1. The molecule has 19 aromatic rings. The molecule has 0 saturated heterocycles. The highest BCUT2D eigenvalue weighted by Crippen LogP contribution is 2.50. The number of allylic oxidation sites excluding steroid dienone is 1. The summed E-state index contributed by atoms with van der Waals surface area (Å²) in [4.78, 5) is 32.5. The predicted molar refractivity (Wildman–Crippen MR) is 431 cm³/mol. The first-order chi connectivity index (χ1) is 52.1. The Morgan fingerprint density at radius 2 is 0.619 bits per heavy atom. The van der Waals surface area contributed by atoms with Crippen LogP contribution in [0.4, 0.5) is 0 Å². The quantitative estimate of drug-likeness (QED) is 0.115. The number of benzene rings is 14. The van der Waals surface area contributed by atoms with Gasteiger partial charge in [-0.2, -0.15) is 0 Å². The minimum Gasteiger partial charge on any atom is -0.309 e. The normalized spacial score (nSPS) is 13.0. The van der Waals surface area contributed by atoms with E-state index in [1.165, 1.54) is 21.5 Å². The van der Waals surface area contributed by atoms with Crippen molar-refractivity contribution >= 4 is 71.1 Å². The first-order valence-corrected chi connectivity index (χ1v) is 35.7. The lowest BCUT2D eigenvalue weighted by Gasteiger charge is -2.24. The van der Waals surface area contributed by atoms with Crippen molar-refractivity contribution in [3.05, 3.63) is 375 Å². The number of rotatable bonds is 13. The van der Waals surface area contributed by atoms with Crippen LogP contribution in [0.1, 0.15) is 23.6 Å². The average Bonchev–Trinajstić information content (AvgIpc) is 1.67. The van der Waals surface area contributed by atoms with E-state index < -0.39 is 0 Å². The van der Waals surface area contributed by atoms with E-state index in [-0.39, 0.29) is 6.04 Å². The van der Waals surface area contributed by atoms with Gasteiger partial charge in [-0.15, -0.1) is 0 Å². The summed E-state index contributed by atoms with van der Waals surface area (Å²) >= 11 is 0. The van der Waals surface area contributed by atoms with Gasteiger partial charge in [-0.25, -0.2) is 24.9 Å². The van der Waals surface area contributed by atoms with Gasteiger partial charge in [0.25, 0.3) is 0 Å². The van der Waals surface area contributed by atoms with Crippen LogP contribution in [0.3, 0.4) is 0 Å². The molecular formula is C96H63N9. The molecule has 0 N–H and O–H groups in total. The maximum absolute atomic E-state index is 5.68. The summed E-state index contributed by atoms with van der Waals surface area (Å²) in [5, 5.41) is 6.77. The second-order valence-corrected chi connectivity index (χ2v) is 26.8. The SMILES string of the molecule is C1=CC(c2ccccc2)=NC(c2ccc3c(c2)c2cc(-c4nc(-c5ccccc5)nc(-c5ccccc5)n4)ccc2n3-c2c(-c3ccccc3-n3c4ccccc4c4ccccc43)cc(-c3cc(-c4ccccc4)nc(-c4ccccc4)n3)cc2-c2ccccc2-n2c3ccccc3c3ccccc32)C1. The van der Waals surface area contributed by atoms with Crippen molar-refractivity contribution in [2.45, 2.75) is 12.5 Å². The Morgan fingerprint density at radius 3 is 1.10 bits per heavy atom. The van der Waals surface area contributed by atoms with E-state index in [0.29, 0.717) is 23.3 Å². The van der Waals surface area contributed by atoms with E-state index in [1.54, 1.807) is 0 Å². The molecule has 1 aliphatic rings. The second kappa shape index (κ2) is 25.6. The van der Waals surface area contributed by atoms with Gasteiger partial charge < -0.3 is 13.7 Å². The fourth-order valence-electron chi connectivity index (χ4n) is 15.8. The maximum Gasteiger partial charge on any atom is 0.164 e. The van der Waals surface area contributed by atoms with Crippen LogP contribution in [-0.4, -0.2) is 44.3 Å². The number of para-hydroxylation sites is 6. The molecule has 492 valence electrons. The molecular weight excluding hydrogens is 1280 g/mol. The van der Waals surface area contributed by atoms with Crippen molar-refractivity contribution in [2.75, 3.05) is 0 Å². The Labute approximate surface area is 606 Å². The zero-order valence-corrected chi connectivity index (χ0v) is 57.0. The number of hydrogen-bond donors (Lipinski definition) is 0. The lowest BCUT2D eigenvalue weighted by atomic mass is 9.90. The molecule has 0 spiro atoms. The van der Waals surface area contributed by atoms with Gasteiger partial charge in [-0.3, -0.25) is 4.99 Å². The molecule has 1 aliphatic heterocycles. The van der Waals surface area contributed by atoms with E-state index in [9.17, 15) is 0 Å². The Kier molecular flexibility index (Phi) is 14.8. The summed E-state index contributed by atoms with van der Waals surface area (Å²) in [6.07, 6.45) is 5.18. The minimum atomic E-state index is -0.155. The van der Waals surface area contributed by atoms with Crippen LogP contribution >= 0.6 is 0 Å². The summed E-state index contributed by atoms with van der Waals surface area (Å²) in [6, 6.07) is 126. The van der Waals surface area contributed by atoms with E-state index in [4.69, 9.17) is 29.9 Å². The third-order valence-corrected chi connectivity index (χ3v) is 20.6. The maximum atomic E-state index is 5.68. The summed E-state index contributed by atoms with van der Waals surface area (Å²) in [6.45, 7) is 0. The molecule has 1 atom stereocenters. The van der Waals surface area contributed by atoms with Crippen LogP contribution in [0, 0.1) is 0 Å². The molecule has 14 aromatic carbocycles. The lowest BCUT2D eigenvalue weighted by molar-refractivity contribution is 0.738. The zero-order chi connectivity index (χ0) is 69.3. The van der Waals surface area contributed by atoms with Gasteiger partial charge in [-0.1, -0.05) is 273 Å². The Balaban J connectivity index is 0.940. The summed E-state index contributed by atoms with van der Waals surface area (Å²) in [7, 11) is 0. The number of hydrogen-bond acceptors (Lipinski definition) is 6. The molecule has 20 rings (SSSR count). The number of aliphatic imine (C=N–C) groups is 1. The third kappa shape index (κ3) is 10.6. The fraction of sp³-hybridized carbons (Fsp3) is 0.0208. The van der Waals surface area contributed by atoms with Crippen molar-refractivity contribution in [1.29, 1.82) is 0 Å².